The Bertz CT molecular complexity index is 332. The van der Waals surface area contributed by atoms with Gasteiger partial charge in [0.15, 0.2) is 6.61 Å². The summed E-state index contributed by atoms with van der Waals surface area (Å²) in [6.45, 7) is -0.204. The molecule has 0 aromatic heterocycles. The van der Waals surface area contributed by atoms with Gasteiger partial charge in [-0.1, -0.05) is 11.8 Å². The lowest BCUT2D eigenvalue weighted by atomic mass is 10.2. The van der Waals surface area contributed by atoms with Gasteiger partial charge in [-0.25, -0.2) is 9.59 Å². The number of ether oxygens (including phenoxy) is 3. The summed E-state index contributed by atoms with van der Waals surface area (Å²) in [5, 5.41) is 0. The van der Waals surface area contributed by atoms with E-state index < -0.39 is 24.3 Å². The highest BCUT2D eigenvalue weighted by Gasteiger charge is 2.42. The summed E-state index contributed by atoms with van der Waals surface area (Å²) in [7, 11) is 0. The third kappa shape index (κ3) is 1.96. The van der Waals surface area contributed by atoms with E-state index in [1.165, 1.54) is 0 Å². The second kappa shape index (κ2) is 4.20. The Morgan fingerprint density at radius 3 is 2.79 bits per heavy atom. The Balaban J connectivity index is 2.60. The highest BCUT2D eigenvalue weighted by molar-refractivity contribution is 5.81. The average Bonchev–Trinajstić information content (AvgIpc) is 2.56. The minimum Gasteiger partial charge on any atom is -0.450 e. The van der Waals surface area contributed by atoms with Crippen LogP contribution in [0.4, 0.5) is 4.79 Å². The normalized spacial score (nSPS) is 24.0. The molecule has 2 atom stereocenters. The Labute approximate surface area is 80.3 Å². The summed E-state index contributed by atoms with van der Waals surface area (Å²) in [4.78, 5) is 21.8. The van der Waals surface area contributed by atoms with Crippen molar-refractivity contribution in [3.63, 3.8) is 0 Å². The lowest BCUT2D eigenvalue weighted by molar-refractivity contribution is -0.151. The molecule has 0 aromatic rings. The molecule has 14 heavy (non-hydrogen) atoms. The van der Waals surface area contributed by atoms with E-state index in [0.717, 1.165) is 0 Å². The van der Waals surface area contributed by atoms with E-state index in [0.29, 0.717) is 0 Å². The maximum atomic E-state index is 11.1. The third-order valence-corrected chi connectivity index (χ3v) is 1.42. The number of cyclic esters (lactones) is 2. The van der Waals surface area contributed by atoms with Crippen LogP contribution in [-0.2, 0) is 19.0 Å². The van der Waals surface area contributed by atoms with Crippen LogP contribution >= 0.6 is 0 Å². The molecular formula is C9H6O5. The summed E-state index contributed by atoms with van der Waals surface area (Å²) in [6.07, 6.45) is 6.60. The average molecular weight is 194 g/mol. The van der Waals surface area contributed by atoms with E-state index >= 15 is 0 Å². The molecule has 1 fully saturated rings. The van der Waals surface area contributed by atoms with Crippen molar-refractivity contribution in [2.45, 2.75) is 12.2 Å². The van der Waals surface area contributed by atoms with E-state index in [1.807, 2.05) is 0 Å². The fraction of sp³-hybridized carbons (Fsp3) is 0.333. The van der Waals surface area contributed by atoms with Crippen LogP contribution in [0.3, 0.4) is 0 Å². The molecule has 1 heterocycles. The fourth-order valence-corrected chi connectivity index (χ4v) is 0.847. The van der Waals surface area contributed by atoms with Gasteiger partial charge in [0.05, 0.1) is 0 Å². The van der Waals surface area contributed by atoms with E-state index in [2.05, 4.69) is 26.1 Å². The number of hydrogen-bond acceptors (Lipinski definition) is 5. The van der Waals surface area contributed by atoms with Crippen molar-refractivity contribution >= 4 is 12.1 Å². The molecule has 0 aromatic carbocycles. The molecule has 0 bridgehead atoms. The molecule has 0 radical (unpaired) electrons. The Kier molecular flexibility index (Phi) is 2.98. The standard InChI is InChI=1S/C9H6O5/c1-3-5-12-8(10)7-6(4-2)13-9(11)14-7/h1-2,6-7H,5H2. The molecule has 5 nitrogen and oxygen atoms in total. The maximum Gasteiger partial charge on any atom is 0.510 e. The molecule has 2 unspecified atom stereocenters. The molecule has 1 rings (SSSR count). The first-order valence-electron chi connectivity index (χ1n) is 3.62. The minimum absolute atomic E-state index is 0.204. The minimum atomic E-state index is -1.22. The summed E-state index contributed by atoms with van der Waals surface area (Å²) in [6, 6.07) is 0. The number of carbonyl (C=O) groups excluding carboxylic acids is 2. The first-order chi connectivity index (χ1) is 6.69. The second-order valence-corrected chi connectivity index (χ2v) is 2.31. The summed E-state index contributed by atoms with van der Waals surface area (Å²) >= 11 is 0. The van der Waals surface area contributed by atoms with E-state index in [-0.39, 0.29) is 6.61 Å². The van der Waals surface area contributed by atoms with Crippen molar-refractivity contribution in [1.29, 1.82) is 0 Å². The highest BCUT2D eigenvalue weighted by atomic mass is 16.8. The van der Waals surface area contributed by atoms with Crippen LogP contribution in [0.25, 0.3) is 0 Å². The Morgan fingerprint density at radius 2 is 2.21 bits per heavy atom. The number of carbonyl (C=O) groups is 2. The van der Waals surface area contributed by atoms with Crippen molar-refractivity contribution in [2.24, 2.45) is 0 Å². The van der Waals surface area contributed by atoms with Crippen molar-refractivity contribution in [1.82, 2.24) is 0 Å². The number of terminal acetylenes is 2. The fourth-order valence-electron chi connectivity index (χ4n) is 0.847. The summed E-state index contributed by atoms with van der Waals surface area (Å²) in [5.74, 6) is 3.36. The summed E-state index contributed by atoms with van der Waals surface area (Å²) in [5.41, 5.74) is 0. The molecule has 0 N–H and O–H groups in total. The zero-order valence-electron chi connectivity index (χ0n) is 7.06. The molecule has 1 aliphatic rings. The van der Waals surface area contributed by atoms with E-state index in [4.69, 9.17) is 12.8 Å². The molecule has 0 aliphatic carbocycles. The Hall–Kier alpha value is -2.14. The zero-order valence-corrected chi connectivity index (χ0v) is 7.06. The van der Waals surface area contributed by atoms with Crippen LogP contribution in [-0.4, -0.2) is 30.9 Å². The van der Waals surface area contributed by atoms with Crippen LogP contribution in [0, 0.1) is 24.7 Å². The Morgan fingerprint density at radius 1 is 1.50 bits per heavy atom. The van der Waals surface area contributed by atoms with Crippen LogP contribution < -0.4 is 0 Å². The monoisotopic (exact) mass is 194 g/mol. The van der Waals surface area contributed by atoms with Gasteiger partial charge < -0.3 is 14.2 Å². The SMILES string of the molecule is C#CCOC(=O)C1OC(=O)OC1C#C. The van der Waals surface area contributed by atoms with Gasteiger partial charge >= 0.3 is 12.1 Å². The van der Waals surface area contributed by atoms with Crippen LogP contribution in [0.5, 0.6) is 0 Å². The van der Waals surface area contributed by atoms with E-state index in [9.17, 15) is 9.59 Å². The summed E-state index contributed by atoms with van der Waals surface area (Å²) < 4.78 is 13.5. The first kappa shape index (κ1) is 9.94. The molecule has 0 spiro atoms. The van der Waals surface area contributed by atoms with Crippen molar-refractivity contribution < 1.29 is 23.8 Å². The zero-order chi connectivity index (χ0) is 10.6. The van der Waals surface area contributed by atoms with Crippen molar-refractivity contribution in [3.05, 3.63) is 0 Å². The van der Waals surface area contributed by atoms with Gasteiger partial charge in [-0.3, -0.25) is 0 Å². The lowest BCUT2D eigenvalue weighted by Crippen LogP contribution is -2.32. The van der Waals surface area contributed by atoms with Gasteiger partial charge in [-0.2, -0.15) is 0 Å². The molecule has 0 saturated carbocycles. The molecule has 5 heteroatoms. The smallest absolute Gasteiger partial charge is 0.450 e. The quantitative estimate of drug-likeness (QED) is 0.446. The third-order valence-electron chi connectivity index (χ3n) is 1.42. The van der Waals surface area contributed by atoms with Gasteiger partial charge in [0.2, 0.25) is 12.2 Å². The van der Waals surface area contributed by atoms with Gasteiger partial charge in [0.25, 0.3) is 0 Å². The molecular weight excluding hydrogens is 188 g/mol. The molecule has 1 saturated heterocycles. The van der Waals surface area contributed by atoms with Crippen molar-refractivity contribution in [2.75, 3.05) is 6.61 Å². The predicted octanol–water partition coefficient (Wildman–Crippen LogP) is -0.300. The topological polar surface area (TPSA) is 61.8 Å². The van der Waals surface area contributed by atoms with Crippen molar-refractivity contribution in [3.8, 4) is 24.7 Å². The van der Waals surface area contributed by atoms with E-state index in [1.54, 1.807) is 0 Å². The van der Waals surface area contributed by atoms with Crippen LogP contribution in [0.15, 0.2) is 0 Å². The highest BCUT2D eigenvalue weighted by Crippen LogP contribution is 2.15. The van der Waals surface area contributed by atoms with Gasteiger partial charge in [0.1, 0.15) is 0 Å². The lowest BCUT2D eigenvalue weighted by Gasteiger charge is -2.07. The van der Waals surface area contributed by atoms with Crippen LogP contribution in [0.2, 0.25) is 0 Å². The molecule has 1 aliphatic heterocycles. The number of hydrogen-bond donors (Lipinski definition) is 0. The van der Waals surface area contributed by atoms with Gasteiger partial charge in [-0.05, 0) is 0 Å². The van der Waals surface area contributed by atoms with Gasteiger partial charge in [-0.15, -0.1) is 12.8 Å². The molecule has 72 valence electrons. The number of rotatable bonds is 2. The predicted molar refractivity (Wildman–Crippen MR) is 43.8 cm³/mol. The largest absolute Gasteiger partial charge is 0.510 e. The first-order valence-corrected chi connectivity index (χ1v) is 3.62. The number of esters is 1. The maximum absolute atomic E-state index is 11.1. The van der Waals surface area contributed by atoms with Gasteiger partial charge in [0, 0.05) is 0 Å². The second-order valence-electron chi connectivity index (χ2n) is 2.31. The molecule has 0 amide bonds. The van der Waals surface area contributed by atoms with Crippen LogP contribution in [0.1, 0.15) is 0 Å².